The zero-order valence-electron chi connectivity index (χ0n) is 9.50. The molecule has 1 rings (SSSR count). The van der Waals surface area contributed by atoms with E-state index in [4.69, 9.17) is 4.74 Å². The molecule has 88 valence electrons. The highest BCUT2D eigenvalue weighted by Crippen LogP contribution is 2.12. The summed E-state index contributed by atoms with van der Waals surface area (Å²) in [5.41, 5.74) is 0.867. The standard InChI is InChI=1S/C12H16FNO2/c1-3-16-8-12(15)14-9(2)10-4-6-11(13)7-5-10/h4-7,9H,3,8H2,1-2H3,(H,14,15). The molecule has 4 heteroatoms. The topological polar surface area (TPSA) is 38.3 Å². The Hall–Kier alpha value is -1.42. The number of hydrogen-bond donors (Lipinski definition) is 1. The maximum absolute atomic E-state index is 12.7. The lowest BCUT2D eigenvalue weighted by Gasteiger charge is -2.14. The molecule has 1 unspecified atom stereocenters. The second-order valence-electron chi connectivity index (χ2n) is 3.48. The minimum absolute atomic E-state index is 0.0576. The maximum Gasteiger partial charge on any atom is 0.246 e. The van der Waals surface area contributed by atoms with Gasteiger partial charge in [-0.25, -0.2) is 4.39 Å². The van der Waals surface area contributed by atoms with Crippen LogP contribution in [0.5, 0.6) is 0 Å². The summed E-state index contributed by atoms with van der Waals surface area (Å²) < 4.78 is 17.7. The van der Waals surface area contributed by atoms with Crippen molar-refractivity contribution < 1.29 is 13.9 Å². The second kappa shape index (κ2) is 6.23. The van der Waals surface area contributed by atoms with E-state index in [1.807, 2.05) is 13.8 Å². The molecule has 0 aliphatic carbocycles. The van der Waals surface area contributed by atoms with Gasteiger partial charge in [-0.15, -0.1) is 0 Å². The molecule has 1 aromatic rings. The number of benzene rings is 1. The van der Waals surface area contributed by atoms with Gasteiger partial charge in [0.25, 0.3) is 0 Å². The quantitative estimate of drug-likeness (QED) is 0.832. The highest BCUT2D eigenvalue weighted by molar-refractivity contribution is 5.77. The lowest BCUT2D eigenvalue weighted by molar-refractivity contribution is -0.126. The lowest BCUT2D eigenvalue weighted by atomic mass is 10.1. The molecular formula is C12H16FNO2. The zero-order chi connectivity index (χ0) is 12.0. The average molecular weight is 225 g/mol. The van der Waals surface area contributed by atoms with Gasteiger partial charge >= 0.3 is 0 Å². The number of carbonyl (C=O) groups excluding carboxylic acids is 1. The van der Waals surface area contributed by atoms with Gasteiger partial charge in [0, 0.05) is 6.61 Å². The van der Waals surface area contributed by atoms with Gasteiger partial charge < -0.3 is 10.1 Å². The summed E-state index contributed by atoms with van der Waals surface area (Å²) >= 11 is 0. The van der Waals surface area contributed by atoms with Crippen molar-refractivity contribution in [2.75, 3.05) is 13.2 Å². The monoisotopic (exact) mass is 225 g/mol. The summed E-state index contributed by atoms with van der Waals surface area (Å²) in [6.07, 6.45) is 0. The summed E-state index contributed by atoms with van der Waals surface area (Å²) in [6.45, 7) is 4.24. The lowest BCUT2D eigenvalue weighted by Crippen LogP contribution is -2.30. The Kier molecular flexibility index (Phi) is 4.92. The van der Waals surface area contributed by atoms with Crippen LogP contribution >= 0.6 is 0 Å². The van der Waals surface area contributed by atoms with Gasteiger partial charge in [0.2, 0.25) is 5.91 Å². The highest BCUT2D eigenvalue weighted by Gasteiger charge is 2.09. The van der Waals surface area contributed by atoms with E-state index in [-0.39, 0.29) is 24.4 Å². The number of ether oxygens (including phenoxy) is 1. The number of carbonyl (C=O) groups is 1. The Bertz CT molecular complexity index is 337. The molecule has 1 amide bonds. The third kappa shape index (κ3) is 3.98. The van der Waals surface area contributed by atoms with Gasteiger partial charge in [-0.05, 0) is 31.5 Å². The first-order chi connectivity index (χ1) is 7.63. The number of amides is 1. The molecule has 0 spiro atoms. The Morgan fingerprint density at radius 2 is 2.06 bits per heavy atom. The first-order valence-corrected chi connectivity index (χ1v) is 5.26. The van der Waals surface area contributed by atoms with Crippen LogP contribution < -0.4 is 5.32 Å². The Morgan fingerprint density at radius 1 is 1.44 bits per heavy atom. The van der Waals surface area contributed by atoms with Crippen molar-refractivity contribution in [1.29, 1.82) is 0 Å². The van der Waals surface area contributed by atoms with Crippen molar-refractivity contribution in [1.82, 2.24) is 5.32 Å². The summed E-state index contributed by atoms with van der Waals surface area (Å²) in [5.74, 6) is -0.449. The molecule has 0 aliphatic heterocycles. The van der Waals surface area contributed by atoms with E-state index in [9.17, 15) is 9.18 Å². The molecule has 0 fully saturated rings. The summed E-state index contributed by atoms with van der Waals surface area (Å²) in [7, 11) is 0. The van der Waals surface area contributed by atoms with Crippen LogP contribution in [0.25, 0.3) is 0 Å². The van der Waals surface area contributed by atoms with Crippen LogP contribution in [0, 0.1) is 5.82 Å². The largest absolute Gasteiger partial charge is 0.372 e. The number of halogens is 1. The van der Waals surface area contributed by atoms with Crippen LogP contribution in [-0.4, -0.2) is 19.1 Å². The maximum atomic E-state index is 12.7. The third-order valence-electron chi connectivity index (χ3n) is 2.18. The first kappa shape index (κ1) is 12.6. The van der Waals surface area contributed by atoms with Crippen molar-refractivity contribution in [2.45, 2.75) is 19.9 Å². The average Bonchev–Trinajstić information content (AvgIpc) is 2.27. The Morgan fingerprint density at radius 3 is 2.62 bits per heavy atom. The Labute approximate surface area is 94.6 Å². The summed E-state index contributed by atoms with van der Waals surface area (Å²) in [4.78, 5) is 11.3. The number of hydrogen-bond acceptors (Lipinski definition) is 2. The van der Waals surface area contributed by atoms with E-state index in [0.717, 1.165) is 5.56 Å². The minimum atomic E-state index is -0.281. The fraction of sp³-hybridized carbons (Fsp3) is 0.417. The van der Waals surface area contributed by atoms with Crippen LogP contribution in [0.3, 0.4) is 0 Å². The van der Waals surface area contributed by atoms with E-state index >= 15 is 0 Å². The molecule has 1 aromatic carbocycles. The fourth-order valence-corrected chi connectivity index (χ4v) is 1.31. The molecule has 0 saturated heterocycles. The van der Waals surface area contributed by atoms with Gasteiger partial charge in [-0.1, -0.05) is 12.1 Å². The van der Waals surface area contributed by atoms with Crippen molar-refractivity contribution >= 4 is 5.91 Å². The smallest absolute Gasteiger partial charge is 0.246 e. The normalized spacial score (nSPS) is 12.2. The highest BCUT2D eigenvalue weighted by atomic mass is 19.1. The van der Waals surface area contributed by atoms with E-state index in [2.05, 4.69) is 5.32 Å². The first-order valence-electron chi connectivity index (χ1n) is 5.26. The van der Waals surface area contributed by atoms with Crippen molar-refractivity contribution in [3.8, 4) is 0 Å². The molecular weight excluding hydrogens is 209 g/mol. The zero-order valence-corrected chi connectivity index (χ0v) is 9.50. The molecule has 0 aliphatic rings. The molecule has 3 nitrogen and oxygen atoms in total. The van der Waals surface area contributed by atoms with Gasteiger partial charge in [0.05, 0.1) is 6.04 Å². The van der Waals surface area contributed by atoms with Gasteiger partial charge in [-0.3, -0.25) is 4.79 Å². The summed E-state index contributed by atoms with van der Waals surface area (Å²) in [5, 5.41) is 2.76. The van der Waals surface area contributed by atoms with Gasteiger partial charge in [0.1, 0.15) is 12.4 Å². The molecule has 16 heavy (non-hydrogen) atoms. The van der Waals surface area contributed by atoms with E-state index in [1.54, 1.807) is 12.1 Å². The second-order valence-corrected chi connectivity index (χ2v) is 3.48. The van der Waals surface area contributed by atoms with E-state index in [1.165, 1.54) is 12.1 Å². The van der Waals surface area contributed by atoms with Crippen LogP contribution in [0.4, 0.5) is 4.39 Å². The van der Waals surface area contributed by atoms with Gasteiger partial charge in [0.15, 0.2) is 0 Å². The SMILES string of the molecule is CCOCC(=O)NC(C)c1ccc(F)cc1. The fourth-order valence-electron chi connectivity index (χ4n) is 1.31. The molecule has 0 saturated carbocycles. The third-order valence-corrected chi connectivity index (χ3v) is 2.18. The van der Waals surface area contributed by atoms with Crippen LogP contribution in [0.1, 0.15) is 25.5 Å². The molecule has 0 aromatic heterocycles. The Balaban J connectivity index is 2.48. The van der Waals surface area contributed by atoms with E-state index in [0.29, 0.717) is 6.61 Å². The molecule has 1 atom stereocenters. The van der Waals surface area contributed by atoms with Crippen molar-refractivity contribution in [3.05, 3.63) is 35.6 Å². The van der Waals surface area contributed by atoms with Crippen LogP contribution in [-0.2, 0) is 9.53 Å². The van der Waals surface area contributed by atoms with Gasteiger partial charge in [-0.2, -0.15) is 0 Å². The molecule has 0 bridgehead atoms. The minimum Gasteiger partial charge on any atom is -0.372 e. The van der Waals surface area contributed by atoms with Crippen molar-refractivity contribution in [2.24, 2.45) is 0 Å². The predicted octanol–water partition coefficient (Wildman–Crippen LogP) is 2.04. The number of rotatable bonds is 5. The number of nitrogens with one attached hydrogen (secondary N) is 1. The summed E-state index contributed by atoms with van der Waals surface area (Å²) in [6, 6.07) is 5.91. The molecule has 0 radical (unpaired) electrons. The van der Waals surface area contributed by atoms with Crippen molar-refractivity contribution in [3.63, 3.8) is 0 Å². The van der Waals surface area contributed by atoms with Crippen LogP contribution in [0.15, 0.2) is 24.3 Å². The predicted molar refractivity (Wildman–Crippen MR) is 59.5 cm³/mol. The molecule has 0 heterocycles. The molecule has 1 N–H and O–H groups in total. The van der Waals surface area contributed by atoms with Crippen LogP contribution in [0.2, 0.25) is 0 Å². The van der Waals surface area contributed by atoms with E-state index < -0.39 is 0 Å².